The van der Waals surface area contributed by atoms with Gasteiger partial charge >= 0.3 is 0 Å². The van der Waals surface area contributed by atoms with Crippen molar-refractivity contribution in [3.8, 4) is 5.75 Å². The summed E-state index contributed by atoms with van der Waals surface area (Å²) in [5.41, 5.74) is 0. The Hall–Kier alpha value is -0.880. The molecule has 0 spiro atoms. The van der Waals surface area contributed by atoms with Crippen molar-refractivity contribution in [3.05, 3.63) is 24.3 Å². The van der Waals surface area contributed by atoms with Crippen LogP contribution in [0.15, 0.2) is 18.5 Å². The lowest BCUT2D eigenvalue weighted by Gasteiger charge is -2.04. The summed E-state index contributed by atoms with van der Waals surface area (Å²) in [6.45, 7) is 0.150. The second-order valence-electron chi connectivity index (χ2n) is 2.78. The highest BCUT2D eigenvalue weighted by Gasteiger charge is 2.04. The van der Waals surface area contributed by atoms with E-state index in [-0.39, 0.29) is 24.5 Å². The highest BCUT2D eigenvalue weighted by Crippen LogP contribution is 2.10. The topological polar surface area (TPSA) is 56.3 Å². The molecule has 0 saturated heterocycles. The Morgan fingerprint density at radius 2 is 2.20 bits per heavy atom. The van der Waals surface area contributed by atoms with E-state index in [1.807, 2.05) is 0 Å². The molecule has 0 aliphatic heterocycles. The minimum atomic E-state index is -3.48. The Kier molecular flexibility index (Phi) is 4.28. The van der Waals surface area contributed by atoms with Crippen LogP contribution in [0.3, 0.4) is 0 Å². The van der Waals surface area contributed by atoms with Crippen molar-refractivity contribution < 1.29 is 17.5 Å². The zero-order valence-corrected chi connectivity index (χ0v) is 9.26. The summed E-state index contributed by atoms with van der Waals surface area (Å²) in [4.78, 5) is 3.57. The third-order valence-electron chi connectivity index (χ3n) is 1.48. The lowest BCUT2D eigenvalue weighted by atomic mass is 10.4. The van der Waals surface area contributed by atoms with Gasteiger partial charge in [0.05, 0.1) is 24.8 Å². The van der Waals surface area contributed by atoms with Gasteiger partial charge in [-0.2, -0.15) is 0 Å². The number of ether oxygens (including phenoxy) is 1. The molecule has 0 saturated carbocycles. The maximum atomic E-state index is 12.6. The average molecular weight is 254 g/mol. The molecule has 84 valence electrons. The van der Waals surface area contributed by atoms with E-state index in [9.17, 15) is 12.8 Å². The van der Waals surface area contributed by atoms with Crippen molar-refractivity contribution >= 4 is 19.7 Å². The molecule has 1 rings (SSSR count). The molecule has 1 aromatic heterocycles. The third kappa shape index (κ3) is 5.54. The first kappa shape index (κ1) is 12.2. The molecule has 0 aliphatic carbocycles. The molecule has 4 nitrogen and oxygen atoms in total. The predicted molar refractivity (Wildman–Crippen MR) is 53.9 cm³/mol. The molecule has 0 unspecified atom stereocenters. The van der Waals surface area contributed by atoms with Gasteiger partial charge in [-0.1, -0.05) is 0 Å². The lowest BCUT2D eigenvalue weighted by molar-refractivity contribution is 0.314. The van der Waals surface area contributed by atoms with Gasteiger partial charge in [-0.05, 0) is 6.42 Å². The van der Waals surface area contributed by atoms with E-state index in [0.717, 1.165) is 6.20 Å². The molecule has 15 heavy (non-hydrogen) atoms. The van der Waals surface area contributed by atoms with Crippen LogP contribution in [0.25, 0.3) is 0 Å². The summed E-state index contributed by atoms with van der Waals surface area (Å²) in [7, 11) is 1.50. The first-order valence-corrected chi connectivity index (χ1v) is 6.61. The summed E-state index contributed by atoms with van der Waals surface area (Å²) in [5.74, 6) is -0.406. The zero-order valence-electron chi connectivity index (χ0n) is 7.69. The number of hydrogen-bond donors (Lipinski definition) is 0. The Balaban J connectivity index is 2.32. The van der Waals surface area contributed by atoms with Gasteiger partial charge in [-0.25, -0.2) is 12.8 Å². The quantitative estimate of drug-likeness (QED) is 0.590. The van der Waals surface area contributed by atoms with Crippen molar-refractivity contribution in [2.24, 2.45) is 0 Å². The van der Waals surface area contributed by atoms with E-state index in [1.54, 1.807) is 0 Å². The molecule has 0 N–H and O–H groups in total. The van der Waals surface area contributed by atoms with Gasteiger partial charge in [-0.15, -0.1) is 0 Å². The lowest BCUT2D eigenvalue weighted by Crippen LogP contribution is -2.05. The Morgan fingerprint density at radius 3 is 2.80 bits per heavy atom. The fraction of sp³-hybridized carbons (Fsp3) is 0.375. The van der Waals surface area contributed by atoms with Crippen LogP contribution in [0.5, 0.6) is 5.75 Å². The summed E-state index contributed by atoms with van der Waals surface area (Å²) >= 11 is 0. The Labute approximate surface area is 91.5 Å². The van der Waals surface area contributed by atoms with Crippen molar-refractivity contribution in [1.29, 1.82) is 0 Å². The van der Waals surface area contributed by atoms with Gasteiger partial charge in [0.15, 0.2) is 0 Å². The number of halogens is 2. The monoisotopic (exact) mass is 253 g/mol. The minimum Gasteiger partial charge on any atom is -0.492 e. The average Bonchev–Trinajstić information content (AvgIpc) is 2.11. The molecule has 7 heteroatoms. The Bertz CT molecular complexity index is 424. The first-order chi connectivity index (χ1) is 6.97. The molecular formula is C8H9ClFNO3S. The number of nitrogens with zero attached hydrogens (tertiary/aromatic N) is 1. The van der Waals surface area contributed by atoms with Crippen LogP contribution in [0.4, 0.5) is 4.39 Å². The Morgan fingerprint density at radius 1 is 1.47 bits per heavy atom. The van der Waals surface area contributed by atoms with Crippen molar-refractivity contribution in [3.63, 3.8) is 0 Å². The maximum absolute atomic E-state index is 12.6. The van der Waals surface area contributed by atoms with E-state index in [4.69, 9.17) is 15.4 Å². The molecule has 0 atom stereocenters. The van der Waals surface area contributed by atoms with Crippen molar-refractivity contribution in [1.82, 2.24) is 4.98 Å². The molecule has 0 fully saturated rings. The van der Waals surface area contributed by atoms with Gasteiger partial charge in [0, 0.05) is 16.7 Å². The van der Waals surface area contributed by atoms with Gasteiger partial charge in [0.2, 0.25) is 9.05 Å². The van der Waals surface area contributed by atoms with E-state index in [0.29, 0.717) is 0 Å². The predicted octanol–water partition coefficient (Wildman–Crippen LogP) is 1.56. The van der Waals surface area contributed by atoms with Crippen LogP contribution in [-0.4, -0.2) is 25.8 Å². The molecule has 1 aromatic rings. The standard InChI is InChI=1S/C8H9ClFNO3S/c9-15(12,13)3-1-2-14-8-4-7(10)5-11-6-8/h4-6H,1-3H2. The number of rotatable bonds is 5. The van der Waals surface area contributed by atoms with Gasteiger partial charge in [0.1, 0.15) is 11.6 Å². The zero-order chi connectivity index (χ0) is 11.3. The second kappa shape index (κ2) is 5.27. The summed E-state index contributed by atoms with van der Waals surface area (Å²) in [6.07, 6.45) is 2.65. The maximum Gasteiger partial charge on any atom is 0.232 e. The van der Waals surface area contributed by atoms with E-state index < -0.39 is 14.9 Å². The fourth-order valence-corrected chi connectivity index (χ4v) is 1.68. The summed E-state index contributed by atoms with van der Waals surface area (Å²) < 4.78 is 38.7. The van der Waals surface area contributed by atoms with Crippen LogP contribution in [0.1, 0.15) is 6.42 Å². The van der Waals surface area contributed by atoms with Crippen LogP contribution in [0.2, 0.25) is 0 Å². The number of hydrogen-bond acceptors (Lipinski definition) is 4. The molecule has 0 aliphatic rings. The van der Waals surface area contributed by atoms with Crippen LogP contribution >= 0.6 is 10.7 Å². The van der Waals surface area contributed by atoms with Crippen molar-refractivity contribution in [2.75, 3.05) is 12.4 Å². The highest BCUT2D eigenvalue weighted by atomic mass is 35.7. The van der Waals surface area contributed by atoms with Crippen molar-refractivity contribution in [2.45, 2.75) is 6.42 Å². The second-order valence-corrected chi connectivity index (χ2v) is 5.68. The summed E-state index contributed by atoms with van der Waals surface area (Å²) in [5, 5.41) is 0. The van der Waals surface area contributed by atoms with E-state index in [2.05, 4.69) is 4.98 Å². The van der Waals surface area contributed by atoms with Crippen LogP contribution < -0.4 is 4.74 Å². The number of pyridine rings is 1. The normalized spacial score (nSPS) is 11.3. The molecule has 1 heterocycles. The summed E-state index contributed by atoms with van der Waals surface area (Å²) in [6, 6.07) is 1.17. The SMILES string of the molecule is O=S(=O)(Cl)CCCOc1cncc(F)c1. The van der Waals surface area contributed by atoms with Gasteiger partial charge in [-0.3, -0.25) is 4.98 Å². The largest absolute Gasteiger partial charge is 0.492 e. The molecule has 0 bridgehead atoms. The molecule has 0 amide bonds. The molecular weight excluding hydrogens is 245 g/mol. The van der Waals surface area contributed by atoms with Crippen LogP contribution in [0, 0.1) is 5.82 Å². The highest BCUT2D eigenvalue weighted by molar-refractivity contribution is 8.13. The fourth-order valence-electron chi connectivity index (χ4n) is 0.893. The first-order valence-electron chi connectivity index (χ1n) is 4.13. The molecule has 0 aromatic carbocycles. The molecule has 0 radical (unpaired) electrons. The van der Waals surface area contributed by atoms with E-state index in [1.165, 1.54) is 12.3 Å². The van der Waals surface area contributed by atoms with E-state index >= 15 is 0 Å². The van der Waals surface area contributed by atoms with Gasteiger partial charge < -0.3 is 4.74 Å². The smallest absolute Gasteiger partial charge is 0.232 e. The van der Waals surface area contributed by atoms with Gasteiger partial charge in [0.25, 0.3) is 0 Å². The third-order valence-corrected chi connectivity index (χ3v) is 2.72. The minimum absolute atomic E-state index is 0.150. The van der Waals surface area contributed by atoms with Crippen LogP contribution in [-0.2, 0) is 9.05 Å². The number of aromatic nitrogens is 1.